The third kappa shape index (κ3) is 3.99. The SMILES string of the molecule is CS(=O)(=O)N(CC(=O)N1CCOCC1)c1ccccc1-n1cccn1. The monoisotopic (exact) mass is 364 g/mol. The summed E-state index contributed by atoms with van der Waals surface area (Å²) in [5, 5.41) is 4.16. The van der Waals surface area contributed by atoms with Crippen LogP contribution >= 0.6 is 0 Å². The van der Waals surface area contributed by atoms with Crippen molar-refractivity contribution in [2.45, 2.75) is 0 Å². The Hall–Kier alpha value is -2.39. The van der Waals surface area contributed by atoms with Crippen molar-refractivity contribution in [1.82, 2.24) is 14.7 Å². The number of carbonyl (C=O) groups is 1. The summed E-state index contributed by atoms with van der Waals surface area (Å²) in [5.74, 6) is -0.246. The summed E-state index contributed by atoms with van der Waals surface area (Å²) in [4.78, 5) is 14.2. The van der Waals surface area contributed by atoms with Gasteiger partial charge in [-0.15, -0.1) is 0 Å². The molecule has 2 heterocycles. The molecule has 0 spiro atoms. The number of rotatable bonds is 5. The normalized spacial score (nSPS) is 15.2. The molecule has 1 aromatic carbocycles. The van der Waals surface area contributed by atoms with Gasteiger partial charge >= 0.3 is 0 Å². The first-order chi connectivity index (χ1) is 12.0. The highest BCUT2D eigenvalue weighted by Crippen LogP contribution is 2.26. The fraction of sp³-hybridized carbons (Fsp3) is 0.375. The lowest BCUT2D eigenvalue weighted by Crippen LogP contribution is -2.47. The van der Waals surface area contributed by atoms with Crippen molar-refractivity contribution in [3.63, 3.8) is 0 Å². The molecule has 0 atom stereocenters. The molecule has 0 radical (unpaired) electrons. The molecule has 0 saturated carbocycles. The van der Waals surface area contributed by atoms with Crippen molar-refractivity contribution in [2.75, 3.05) is 43.4 Å². The number of hydrogen-bond acceptors (Lipinski definition) is 5. The molecule has 0 aliphatic carbocycles. The molecule has 9 heteroatoms. The third-order valence-electron chi connectivity index (χ3n) is 3.94. The number of aromatic nitrogens is 2. The zero-order valence-electron chi connectivity index (χ0n) is 13.9. The van der Waals surface area contributed by atoms with E-state index in [-0.39, 0.29) is 12.5 Å². The summed E-state index contributed by atoms with van der Waals surface area (Å²) in [6.45, 7) is 1.62. The lowest BCUT2D eigenvalue weighted by atomic mass is 10.2. The van der Waals surface area contributed by atoms with Crippen LogP contribution in [0.25, 0.3) is 5.69 Å². The zero-order valence-corrected chi connectivity index (χ0v) is 14.7. The summed E-state index contributed by atoms with van der Waals surface area (Å²) in [5.41, 5.74) is 1.00. The molecule has 25 heavy (non-hydrogen) atoms. The van der Waals surface area contributed by atoms with Gasteiger partial charge in [0, 0.05) is 25.5 Å². The number of sulfonamides is 1. The Morgan fingerprint density at radius 2 is 1.96 bits per heavy atom. The lowest BCUT2D eigenvalue weighted by Gasteiger charge is -2.30. The Bertz CT molecular complexity index is 830. The minimum absolute atomic E-state index is 0.246. The number of para-hydroxylation sites is 2. The number of hydrogen-bond donors (Lipinski definition) is 0. The third-order valence-corrected chi connectivity index (χ3v) is 5.07. The van der Waals surface area contributed by atoms with Crippen LogP contribution in [0.2, 0.25) is 0 Å². The van der Waals surface area contributed by atoms with Gasteiger partial charge < -0.3 is 9.64 Å². The molecule has 3 rings (SSSR count). The molecule has 1 fully saturated rings. The molecular weight excluding hydrogens is 344 g/mol. The summed E-state index contributed by atoms with van der Waals surface area (Å²) >= 11 is 0. The maximum atomic E-state index is 12.6. The molecule has 0 N–H and O–H groups in total. The van der Waals surface area contributed by atoms with Crippen molar-refractivity contribution in [2.24, 2.45) is 0 Å². The maximum absolute atomic E-state index is 12.6. The Labute approximate surface area is 146 Å². The topological polar surface area (TPSA) is 84.7 Å². The molecule has 134 valence electrons. The second-order valence-electron chi connectivity index (χ2n) is 5.70. The first-order valence-electron chi connectivity index (χ1n) is 7.89. The maximum Gasteiger partial charge on any atom is 0.243 e. The van der Waals surface area contributed by atoms with E-state index in [1.807, 2.05) is 0 Å². The highest BCUT2D eigenvalue weighted by Gasteiger charge is 2.27. The van der Waals surface area contributed by atoms with E-state index in [2.05, 4.69) is 5.10 Å². The van der Waals surface area contributed by atoms with Gasteiger partial charge in [-0.1, -0.05) is 12.1 Å². The van der Waals surface area contributed by atoms with Gasteiger partial charge in [-0.05, 0) is 18.2 Å². The van der Waals surface area contributed by atoms with Crippen LogP contribution in [0.5, 0.6) is 0 Å². The Kier molecular flexibility index (Phi) is 5.05. The molecule has 8 nitrogen and oxygen atoms in total. The Morgan fingerprint density at radius 3 is 2.60 bits per heavy atom. The summed E-state index contributed by atoms with van der Waals surface area (Å²) in [6.07, 6.45) is 4.43. The largest absolute Gasteiger partial charge is 0.378 e. The summed E-state index contributed by atoms with van der Waals surface area (Å²) in [6, 6.07) is 8.72. The van der Waals surface area contributed by atoms with E-state index in [0.29, 0.717) is 37.7 Å². The molecule has 0 unspecified atom stereocenters. The predicted molar refractivity (Wildman–Crippen MR) is 93.2 cm³/mol. The van der Waals surface area contributed by atoms with Crippen molar-refractivity contribution in [3.8, 4) is 5.69 Å². The van der Waals surface area contributed by atoms with E-state index >= 15 is 0 Å². The Morgan fingerprint density at radius 1 is 1.24 bits per heavy atom. The van der Waals surface area contributed by atoms with E-state index in [1.54, 1.807) is 52.3 Å². The highest BCUT2D eigenvalue weighted by molar-refractivity contribution is 7.92. The zero-order chi connectivity index (χ0) is 17.9. The van der Waals surface area contributed by atoms with Crippen LogP contribution in [-0.2, 0) is 19.6 Å². The van der Waals surface area contributed by atoms with Gasteiger partial charge in [-0.3, -0.25) is 9.10 Å². The van der Waals surface area contributed by atoms with E-state index < -0.39 is 10.0 Å². The van der Waals surface area contributed by atoms with Crippen molar-refractivity contribution >= 4 is 21.6 Å². The second kappa shape index (κ2) is 7.24. The van der Waals surface area contributed by atoms with Crippen molar-refractivity contribution in [3.05, 3.63) is 42.7 Å². The minimum atomic E-state index is -3.65. The van der Waals surface area contributed by atoms with E-state index in [0.717, 1.165) is 10.6 Å². The standard InChI is InChI=1S/C16H20N4O4S/c1-25(22,23)20(13-16(21)18-9-11-24-12-10-18)15-6-3-2-5-14(15)19-8-4-7-17-19/h2-8H,9-13H2,1H3. The van der Waals surface area contributed by atoms with Gasteiger partial charge in [-0.2, -0.15) is 5.10 Å². The molecule has 1 aromatic heterocycles. The van der Waals surface area contributed by atoms with Gasteiger partial charge in [0.1, 0.15) is 6.54 Å². The molecule has 1 aliphatic heterocycles. The quantitative estimate of drug-likeness (QED) is 0.771. The van der Waals surface area contributed by atoms with Gasteiger partial charge in [0.25, 0.3) is 0 Å². The fourth-order valence-corrected chi connectivity index (χ4v) is 3.55. The predicted octanol–water partition coefficient (Wildman–Crippen LogP) is 0.497. The van der Waals surface area contributed by atoms with E-state index in [1.165, 1.54) is 0 Å². The minimum Gasteiger partial charge on any atom is -0.378 e. The number of carbonyl (C=O) groups excluding carboxylic acids is 1. The van der Waals surface area contributed by atoms with E-state index in [4.69, 9.17) is 4.74 Å². The average molecular weight is 364 g/mol. The van der Waals surface area contributed by atoms with Crippen LogP contribution < -0.4 is 4.31 Å². The summed E-state index contributed by atoms with van der Waals surface area (Å²) in [7, 11) is -3.65. The van der Waals surface area contributed by atoms with Crippen LogP contribution in [0.15, 0.2) is 42.7 Å². The van der Waals surface area contributed by atoms with Crippen LogP contribution in [-0.4, -0.2) is 68.1 Å². The van der Waals surface area contributed by atoms with E-state index in [9.17, 15) is 13.2 Å². The first-order valence-corrected chi connectivity index (χ1v) is 9.74. The Balaban J connectivity index is 1.94. The molecule has 1 amide bonds. The summed E-state index contributed by atoms with van der Waals surface area (Å²) < 4.78 is 32.7. The molecule has 0 bridgehead atoms. The molecule has 1 aliphatic rings. The van der Waals surface area contributed by atoms with Crippen molar-refractivity contribution in [1.29, 1.82) is 0 Å². The van der Waals surface area contributed by atoms with Crippen LogP contribution in [0.3, 0.4) is 0 Å². The van der Waals surface area contributed by atoms with Gasteiger partial charge in [-0.25, -0.2) is 13.1 Å². The number of nitrogens with zero attached hydrogens (tertiary/aromatic N) is 4. The second-order valence-corrected chi connectivity index (χ2v) is 7.61. The molecule has 2 aromatic rings. The average Bonchev–Trinajstić information content (AvgIpc) is 3.14. The van der Waals surface area contributed by atoms with Crippen LogP contribution in [0.1, 0.15) is 0 Å². The molecule has 1 saturated heterocycles. The number of amides is 1. The number of ether oxygens (including phenoxy) is 1. The van der Waals surface area contributed by atoms with Crippen LogP contribution in [0, 0.1) is 0 Å². The lowest BCUT2D eigenvalue weighted by molar-refractivity contribution is -0.133. The first kappa shape index (κ1) is 17.4. The number of anilines is 1. The molecular formula is C16H20N4O4S. The van der Waals surface area contributed by atoms with Gasteiger partial charge in [0.05, 0.1) is 30.8 Å². The number of benzene rings is 1. The van der Waals surface area contributed by atoms with Gasteiger partial charge in [0.2, 0.25) is 15.9 Å². The van der Waals surface area contributed by atoms with Crippen LogP contribution in [0.4, 0.5) is 5.69 Å². The smallest absolute Gasteiger partial charge is 0.243 e. The van der Waals surface area contributed by atoms with Gasteiger partial charge in [0.15, 0.2) is 0 Å². The number of morpholine rings is 1. The van der Waals surface area contributed by atoms with Crippen molar-refractivity contribution < 1.29 is 17.9 Å². The highest BCUT2D eigenvalue weighted by atomic mass is 32.2. The fourth-order valence-electron chi connectivity index (χ4n) is 2.70.